The maximum absolute atomic E-state index is 13.2. The zero-order valence-electron chi connectivity index (χ0n) is 16.9. The number of benzene rings is 3. The summed E-state index contributed by atoms with van der Waals surface area (Å²) in [5.41, 5.74) is 2.80. The summed E-state index contributed by atoms with van der Waals surface area (Å²) in [5.74, 6) is 0.415. The van der Waals surface area contributed by atoms with E-state index in [2.05, 4.69) is 15.5 Å². The van der Waals surface area contributed by atoms with Gasteiger partial charge in [0.2, 0.25) is 5.91 Å². The molecule has 0 saturated heterocycles. The molecule has 1 N–H and O–H groups in total. The number of nitrogens with one attached hydrogen (secondary N) is 1. The highest BCUT2D eigenvalue weighted by molar-refractivity contribution is 7.99. The summed E-state index contributed by atoms with van der Waals surface area (Å²) >= 11 is 1.31. The van der Waals surface area contributed by atoms with Gasteiger partial charge in [0.1, 0.15) is 5.82 Å². The van der Waals surface area contributed by atoms with Crippen LogP contribution in [0.3, 0.4) is 0 Å². The van der Waals surface area contributed by atoms with Gasteiger partial charge < -0.3 is 9.88 Å². The fourth-order valence-corrected chi connectivity index (χ4v) is 4.00. The highest BCUT2D eigenvalue weighted by Gasteiger charge is 2.18. The lowest BCUT2D eigenvalue weighted by molar-refractivity contribution is -0.119. The van der Waals surface area contributed by atoms with Gasteiger partial charge in [-0.3, -0.25) is 4.79 Å². The van der Waals surface area contributed by atoms with Gasteiger partial charge in [-0.15, -0.1) is 10.2 Å². The molecule has 1 aromatic heterocycles. The number of carbonyl (C=O) groups excluding carboxylic acids is 1. The zero-order chi connectivity index (χ0) is 21.6. The molecule has 156 valence electrons. The minimum atomic E-state index is -0.302. The van der Waals surface area contributed by atoms with Crippen LogP contribution in [0.5, 0.6) is 0 Å². The fourth-order valence-electron chi connectivity index (χ4n) is 3.27. The first kappa shape index (κ1) is 20.8. The van der Waals surface area contributed by atoms with Crippen molar-refractivity contribution in [3.8, 4) is 11.4 Å². The number of amides is 1. The van der Waals surface area contributed by atoms with Crippen LogP contribution in [0, 0.1) is 5.82 Å². The van der Waals surface area contributed by atoms with Gasteiger partial charge in [-0.25, -0.2) is 4.39 Å². The second kappa shape index (κ2) is 9.57. The van der Waals surface area contributed by atoms with Gasteiger partial charge in [0, 0.05) is 12.6 Å². The summed E-state index contributed by atoms with van der Waals surface area (Å²) in [6.45, 7) is 0. The van der Waals surface area contributed by atoms with Gasteiger partial charge in [0.15, 0.2) is 11.0 Å². The second-order valence-electron chi connectivity index (χ2n) is 6.98. The number of nitrogens with zero attached hydrogens (tertiary/aromatic N) is 3. The van der Waals surface area contributed by atoms with E-state index in [1.807, 2.05) is 67.7 Å². The van der Waals surface area contributed by atoms with Gasteiger partial charge in [0.25, 0.3) is 0 Å². The van der Waals surface area contributed by atoms with E-state index >= 15 is 0 Å². The molecule has 3 aromatic carbocycles. The Bertz CT molecular complexity index is 1110. The van der Waals surface area contributed by atoms with Crippen molar-refractivity contribution in [3.63, 3.8) is 0 Å². The predicted molar refractivity (Wildman–Crippen MR) is 120 cm³/mol. The van der Waals surface area contributed by atoms with E-state index < -0.39 is 0 Å². The van der Waals surface area contributed by atoms with E-state index in [-0.39, 0.29) is 23.5 Å². The smallest absolute Gasteiger partial charge is 0.231 e. The second-order valence-corrected chi connectivity index (χ2v) is 7.93. The molecule has 0 fully saturated rings. The average Bonchev–Trinajstić information content (AvgIpc) is 3.18. The maximum Gasteiger partial charge on any atom is 0.231 e. The zero-order valence-corrected chi connectivity index (χ0v) is 17.7. The molecular formula is C24H21FN4OS. The van der Waals surface area contributed by atoms with Crippen LogP contribution in [0.1, 0.15) is 17.2 Å². The lowest BCUT2D eigenvalue weighted by Crippen LogP contribution is -2.30. The Kier molecular flexibility index (Phi) is 6.43. The molecule has 5 nitrogen and oxygen atoms in total. The third-order valence-corrected chi connectivity index (χ3v) is 5.86. The maximum atomic E-state index is 13.2. The highest BCUT2D eigenvalue weighted by atomic mass is 32.2. The lowest BCUT2D eigenvalue weighted by atomic mass is 9.99. The molecule has 0 atom stereocenters. The van der Waals surface area contributed by atoms with Crippen LogP contribution in [0.4, 0.5) is 4.39 Å². The van der Waals surface area contributed by atoms with Crippen molar-refractivity contribution in [1.82, 2.24) is 20.1 Å². The molecule has 4 aromatic rings. The van der Waals surface area contributed by atoms with Gasteiger partial charge in [-0.05, 0) is 35.4 Å². The van der Waals surface area contributed by atoms with Crippen molar-refractivity contribution in [3.05, 3.63) is 102 Å². The fraction of sp³-hybridized carbons (Fsp3) is 0.125. The number of rotatable bonds is 7. The Balaban J connectivity index is 1.45. The van der Waals surface area contributed by atoms with E-state index in [0.29, 0.717) is 11.0 Å². The molecule has 0 aliphatic heterocycles. The molecule has 0 unspecified atom stereocenters. The standard InChI is InChI=1S/C24H21FN4OS/c1-29-23(19-12-14-20(25)15-13-19)27-28-24(29)31-16-21(30)26-22(17-8-4-2-5-9-17)18-10-6-3-7-11-18/h2-15,22H,16H2,1H3,(H,26,30). The molecule has 7 heteroatoms. The third kappa shape index (κ3) is 5.00. The van der Waals surface area contributed by atoms with E-state index in [1.165, 1.54) is 23.9 Å². The molecule has 4 rings (SSSR count). The van der Waals surface area contributed by atoms with Gasteiger partial charge in [-0.1, -0.05) is 72.4 Å². The normalized spacial score (nSPS) is 10.9. The van der Waals surface area contributed by atoms with Crippen molar-refractivity contribution in [2.75, 3.05) is 5.75 Å². The lowest BCUT2D eigenvalue weighted by Gasteiger charge is -2.19. The Morgan fingerprint density at radius 2 is 1.52 bits per heavy atom. The molecule has 0 saturated carbocycles. The number of carbonyl (C=O) groups is 1. The van der Waals surface area contributed by atoms with E-state index in [4.69, 9.17) is 0 Å². The van der Waals surface area contributed by atoms with Crippen LogP contribution in [0.25, 0.3) is 11.4 Å². The Labute approximate surface area is 184 Å². The number of aromatic nitrogens is 3. The first-order valence-electron chi connectivity index (χ1n) is 9.79. The summed E-state index contributed by atoms with van der Waals surface area (Å²) in [4.78, 5) is 12.8. The van der Waals surface area contributed by atoms with Crippen LogP contribution in [0.15, 0.2) is 90.1 Å². The predicted octanol–water partition coefficient (Wildman–Crippen LogP) is 4.62. The minimum Gasteiger partial charge on any atom is -0.344 e. The van der Waals surface area contributed by atoms with Crippen molar-refractivity contribution < 1.29 is 9.18 Å². The monoisotopic (exact) mass is 432 g/mol. The Hall–Kier alpha value is -3.45. The minimum absolute atomic E-state index is 0.103. The highest BCUT2D eigenvalue weighted by Crippen LogP contribution is 2.24. The average molecular weight is 433 g/mol. The molecule has 1 amide bonds. The molecule has 0 spiro atoms. The topological polar surface area (TPSA) is 59.8 Å². The van der Waals surface area contributed by atoms with Crippen LogP contribution < -0.4 is 5.32 Å². The van der Waals surface area contributed by atoms with Gasteiger partial charge in [-0.2, -0.15) is 0 Å². The van der Waals surface area contributed by atoms with Crippen LogP contribution in [-0.2, 0) is 11.8 Å². The number of hydrogen-bond donors (Lipinski definition) is 1. The van der Waals surface area contributed by atoms with Crippen molar-refractivity contribution in [1.29, 1.82) is 0 Å². The van der Waals surface area contributed by atoms with Crippen LogP contribution >= 0.6 is 11.8 Å². The molecule has 0 radical (unpaired) electrons. The largest absolute Gasteiger partial charge is 0.344 e. The summed E-state index contributed by atoms with van der Waals surface area (Å²) in [6, 6.07) is 25.6. The van der Waals surface area contributed by atoms with E-state index in [9.17, 15) is 9.18 Å². The van der Waals surface area contributed by atoms with Crippen molar-refractivity contribution >= 4 is 17.7 Å². The molecular weight excluding hydrogens is 411 g/mol. The quantitative estimate of drug-likeness (QED) is 0.433. The summed E-state index contributed by atoms with van der Waals surface area (Å²) < 4.78 is 15.0. The Morgan fingerprint density at radius 3 is 2.10 bits per heavy atom. The number of halogens is 1. The number of thioether (sulfide) groups is 1. The van der Waals surface area contributed by atoms with Gasteiger partial charge >= 0.3 is 0 Å². The first-order valence-corrected chi connectivity index (χ1v) is 10.8. The van der Waals surface area contributed by atoms with Crippen molar-refractivity contribution in [2.24, 2.45) is 7.05 Å². The third-order valence-electron chi connectivity index (χ3n) is 4.84. The SMILES string of the molecule is Cn1c(SCC(=O)NC(c2ccccc2)c2ccccc2)nnc1-c1ccc(F)cc1. The van der Waals surface area contributed by atoms with Crippen molar-refractivity contribution in [2.45, 2.75) is 11.2 Å². The van der Waals surface area contributed by atoms with Crippen LogP contribution in [-0.4, -0.2) is 26.4 Å². The van der Waals surface area contributed by atoms with Gasteiger partial charge in [0.05, 0.1) is 11.8 Å². The molecule has 1 heterocycles. The molecule has 0 aliphatic carbocycles. The Morgan fingerprint density at radius 1 is 0.935 bits per heavy atom. The number of hydrogen-bond acceptors (Lipinski definition) is 4. The van der Waals surface area contributed by atoms with E-state index in [1.54, 1.807) is 16.7 Å². The molecule has 31 heavy (non-hydrogen) atoms. The van der Waals surface area contributed by atoms with Crippen LogP contribution in [0.2, 0.25) is 0 Å². The summed E-state index contributed by atoms with van der Waals surface area (Å²) in [6.07, 6.45) is 0. The van der Waals surface area contributed by atoms with E-state index in [0.717, 1.165) is 16.7 Å². The molecule has 0 aliphatic rings. The summed E-state index contributed by atoms with van der Waals surface area (Å²) in [7, 11) is 1.83. The summed E-state index contributed by atoms with van der Waals surface area (Å²) in [5, 5.41) is 12.1. The first-order chi connectivity index (χ1) is 15.1. The molecule has 0 bridgehead atoms.